The van der Waals surface area contributed by atoms with Crippen molar-refractivity contribution in [1.29, 1.82) is 0 Å². The molecule has 1 aromatic heterocycles. The fraction of sp³-hybridized carbons (Fsp3) is 0.556. The first kappa shape index (κ1) is 13.7. The van der Waals surface area contributed by atoms with Crippen LogP contribution in [0.2, 0.25) is 0 Å². The van der Waals surface area contributed by atoms with Gasteiger partial charge in [-0.3, -0.25) is 0 Å². The van der Waals surface area contributed by atoms with Gasteiger partial charge in [0.15, 0.2) is 0 Å². The molecule has 2 aromatic rings. The van der Waals surface area contributed by atoms with E-state index >= 15 is 0 Å². The second kappa shape index (κ2) is 5.25. The third-order valence-electron chi connectivity index (χ3n) is 4.35. The lowest BCUT2D eigenvalue weighted by molar-refractivity contribution is 0.506. The van der Waals surface area contributed by atoms with Gasteiger partial charge in [0.25, 0.3) is 0 Å². The second-order valence-corrected chi connectivity index (χ2v) is 6.34. The molecule has 0 aliphatic heterocycles. The SMILES string of the molecule is CCc1c(CNC2CC2)oc2c(C)ccc(C(C)C)c12. The van der Waals surface area contributed by atoms with Crippen LogP contribution >= 0.6 is 0 Å². The van der Waals surface area contributed by atoms with Gasteiger partial charge in [-0.05, 0) is 43.2 Å². The van der Waals surface area contributed by atoms with E-state index in [1.165, 1.54) is 34.9 Å². The van der Waals surface area contributed by atoms with Crippen molar-refractivity contribution in [3.8, 4) is 0 Å². The van der Waals surface area contributed by atoms with E-state index in [0.717, 1.165) is 30.4 Å². The summed E-state index contributed by atoms with van der Waals surface area (Å²) < 4.78 is 6.23. The molecule has 3 rings (SSSR count). The van der Waals surface area contributed by atoms with Crippen LogP contribution in [0.25, 0.3) is 11.0 Å². The first-order valence-corrected chi connectivity index (χ1v) is 7.89. The van der Waals surface area contributed by atoms with Crippen molar-refractivity contribution in [3.63, 3.8) is 0 Å². The topological polar surface area (TPSA) is 25.2 Å². The van der Waals surface area contributed by atoms with Crippen LogP contribution in [0.1, 0.15) is 62.0 Å². The Kier molecular flexibility index (Phi) is 3.59. The highest BCUT2D eigenvalue weighted by Crippen LogP contribution is 2.35. The predicted octanol–water partition coefficient (Wildman–Crippen LogP) is 4.68. The van der Waals surface area contributed by atoms with Crippen molar-refractivity contribution in [1.82, 2.24) is 5.32 Å². The van der Waals surface area contributed by atoms with E-state index in [1.807, 2.05) is 0 Å². The van der Waals surface area contributed by atoms with Crippen LogP contribution in [-0.4, -0.2) is 6.04 Å². The average molecular weight is 271 g/mol. The molecule has 1 saturated carbocycles. The first-order chi connectivity index (χ1) is 9.61. The number of nitrogens with one attached hydrogen (secondary N) is 1. The average Bonchev–Trinajstić information content (AvgIpc) is 3.16. The van der Waals surface area contributed by atoms with E-state index in [1.54, 1.807) is 0 Å². The standard InChI is InChI=1S/C18H25NO/c1-5-14-16(10-19-13-7-8-13)20-18-12(4)6-9-15(11(2)3)17(14)18/h6,9,11,13,19H,5,7-8,10H2,1-4H3. The summed E-state index contributed by atoms with van der Waals surface area (Å²) in [5, 5.41) is 4.95. The minimum atomic E-state index is 0.533. The quantitative estimate of drug-likeness (QED) is 0.854. The Labute approximate surface area is 121 Å². The maximum atomic E-state index is 6.23. The third-order valence-corrected chi connectivity index (χ3v) is 4.35. The zero-order valence-corrected chi connectivity index (χ0v) is 13.0. The summed E-state index contributed by atoms with van der Waals surface area (Å²) in [5.74, 6) is 1.68. The van der Waals surface area contributed by atoms with Crippen molar-refractivity contribution < 1.29 is 4.42 Å². The molecule has 1 aromatic carbocycles. The molecular weight excluding hydrogens is 246 g/mol. The Balaban J connectivity index is 2.10. The smallest absolute Gasteiger partial charge is 0.137 e. The van der Waals surface area contributed by atoms with Gasteiger partial charge in [0.1, 0.15) is 11.3 Å². The molecule has 108 valence electrons. The van der Waals surface area contributed by atoms with Gasteiger partial charge in [-0.2, -0.15) is 0 Å². The van der Waals surface area contributed by atoms with Gasteiger partial charge in [0, 0.05) is 17.0 Å². The lowest BCUT2D eigenvalue weighted by atomic mass is 9.94. The number of fused-ring (bicyclic) bond motifs is 1. The highest BCUT2D eigenvalue weighted by Gasteiger charge is 2.23. The van der Waals surface area contributed by atoms with Gasteiger partial charge < -0.3 is 9.73 Å². The van der Waals surface area contributed by atoms with Crippen LogP contribution in [0.3, 0.4) is 0 Å². The van der Waals surface area contributed by atoms with Crippen molar-refractivity contribution in [2.75, 3.05) is 0 Å². The minimum Gasteiger partial charge on any atom is -0.459 e. The van der Waals surface area contributed by atoms with E-state index in [4.69, 9.17) is 4.42 Å². The van der Waals surface area contributed by atoms with Crippen molar-refractivity contribution in [3.05, 3.63) is 34.6 Å². The molecule has 1 heterocycles. The molecule has 0 unspecified atom stereocenters. The Morgan fingerprint density at radius 2 is 2.05 bits per heavy atom. The number of hydrogen-bond donors (Lipinski definition) is 1. The zero-order valence-electron chi connectivity index (χ0n) is 13.0. The molecule has 0 bridgehead atoms. The van der Waals surface area contributed by atoms with E-state index in [-0.39, 0.29) is 0 Å². The first-order valence-electron chi connectivity index (χ1n) is 7.89. The van der Waals surface area contributed by atoms with Crippen molar-refractivity contribution in [2.45, 2.75) is 65.5 Å². The third kappa shape index (κ3) is 2.37. The monoisotopic (exact) mass is 271 g/mol. The second-order valence-electron chi connectivity index (χ2n) is 6.34. The molecule has 1 aliphatic carbocycles. The van der Waals surface area contributed by atoms with Crippen molar-refractivity contribution in [2.24, 2.45) is 0 Å². The Morgan fingerprint density at radius 1 is 1.30 bits per heavy atom. The number of aryl methyl sites for hydroxylation is 2. The molecule has 2 heteroatoms. The van der Waals surface area contributed by atoms with Crippen LogP contribution in [0.4, 0.5) is 0 Å². The van der Waals surface area contributed by atoms with Gasteiger partial charge in [0.05, 0.1) is 6.54 Å². The maximum absolute atomic E-state index is 6.23. The van der Waals surface area contributed by atoms with Crippen LogP contribution in [0.15, 0.2) is 16.5 Å². The Morgan fingerprint density at radius 3 is 2.65 bits per heavy atom. The lowest BCUT2D eigenvalue weighted by Gasteiger charge is -2.09. The molecule has 0 amide bonds. The molecule has 1 N–H and O–H groups in total. The lowest BCUT2D eigenvalue weighted by Crippen LogP contribution is -2.15. The Bertz CT molecular complexity index is 620. The highest BCUT2D eigenvalue weighted by molar-refractivity contribution is 5.88. The molecule has 1 fully saturated rings. The molecular formula is C18H25NO. The van der Waals surface area contributed by atoms with Gasteiger partial charge in [-0.15, -0.1) is 0 Å². The molecule has 2 nitrogen and oxygen atoms in total. The molecule has 0 spiro atoms. The maximum Gasteiger partial charge on any atom is 0.137 e. The van der Waals surface area contributed by atoms with Crippen LogP contribution < -0.4 is 5.32 Å². The summed E-state index contributed by atoms with van der Waals surface area (Å²) >= 11 is 0. The molecule has 1 aliphatic rings. The van der Waals surface area contributed by atoms with Crippen molar-refractivity contribution >= 4 is 11.0 Å². The fourth-order valence-corrected chi connectivity index (χ4v) is 2.99. The molecule has 0 radical (unpaired) electrons. The van der Waals surface area contributed by atoms with E-state index < -0.39 is 0 Å². The fourth-order valence-electron chi connectivity index (χ4n) is 2.99. The summed E-state index contributed by atoms with van der Waals surface area (Å²) in [6.45, 7) is 9.78. The van der Waals surface area contributed by atoms with E-state index in [2.05, 4.69) is 45.1 Å². The number of hydrogen-bond acceptors (Lipinski definition) is 2. The summed E-state index contributed by atoms with van der Waals surface area (Å²) in [5.41, 5.74) is 5.17. The minimum absolute atomic E-state index is 0.533. The normalized spacial score (nSPS) is 15.4. The zero-order chi connectivity index (χ0) is 14.3. The summed E-state index contributed by atoms with van der Waals surface area (Å²) in [6.07, 6.45) is 3.67. The largest absolute Gasteiger partial charge is 0.459 e. The van der Waals surface area contributed by atoms with Crippen LogP contribution in [0.5, 0.6) is 0 Å². The van der Waals surface area contributed by atoms with Gasteiger partial charge in [0.2, 0.25) is 0 Å². The van der Waals surface area contributed by atoms with Gasteiger partial charge >= 0.3 is 0 Å². The van der Waals surface area contributed by atoms with Gasteiger partial charge in [-0.25, -0.2) is 0 Å². The summed E-state index contributed by atoms with van der Waals surface area (Å²) in [4.78, 5) is 0. The highest BCUT2D eigenvalue weighted by atomic mass is 16.3. The summed E-state index contributed by atoms with van der Waals surface area (Å²) in [7, 11) is 0. The van der Waals surface area contributed by atoms with E-state index in [0.29, 0.717) is 5.92 Å². The summed E-state index contributed by atoms with van der Waals surface area (Å²) in [6, 6.07) is 5.19. The molecule has 20 heavy (non-hydrogen) atoms. The van der Waals surface area contributed by atoms with Gasteiger partial charge in [-0.1, -0.05) is 32.9 Å². The Hall–Kier alpha value is -1.28. The number of rotatable bonds is 5. The van der Waals surface area contributed by atoms with Crippen LogP contribution in [-0.2, 0) is 13.0 Å². The predicted molar refractivity (Wildman–Crippen MR) is 84.3 cm³/mol. The van der Waals surface area contributed by atoms with Crippen LogP contribution in [0, 0.1) is 6.92 Å². The number of benzene rings is 1. The molecule has 0 atom stereocenters. The number of furan rings is 1. The van der Waals surface area contributed by atoms with E-state index in [9.17, 15) is 0 Å². The molecule has 0 saturated heterocycles.